The average Bonchev–Trinajstić information content (AvgIpc) is 3.25. The smallest absolute Gasteiger partial charge is 0.120 e. The Balaban J connectivity index is 0.000000171. The number of fused-ring (bicyclic) bond motifs is 3. The van der Waals surface area contributed by atoms with Gasteiger partial charge in [-0.2, -0.15) is 0 Å². The van der Waals surface area contributed by atoms with E-state index in [4.69, 9.17) is 4.42 Å². The summed E-state index contributed by atoms with van der Waals surface area (Å²) in [6, 6.07) is 34.5. The van der Waals surface area contributed by atoms with Gasteiger partial charge in [0.1, 0.15) is 5.58 Å². The molecule has 0 bridgehead atoms. The van der Waals surface area contributed by atoms with Crippen LogP contribution >= 0.6 is 0 Å². The quantitative estimate of drug-likeness (QED) is 0.188. The second-order valence-corrected chi connectivity index (χ2v) is 7.91. The van der Waals surface area contributed by atoms with E-state index in [-0.39, 0.29) is 20.1 Å². The monoisotopic (exact) mass is 619 g/mol. The minimum atomic E-state index is 0. The van der Waals surface area contributed by atoms with E-state index in [1.165, 1.54) is 5.56 Å². The summed E-state index contributed by atoms with van der Waals surface area (Å²) in [5, 5.41) is 2.24. The number of pyridine rings is 2. The van der Waals surface area contributed by atoms with Crippen molar-refractivity contribution in [3.63, 3.8) is 0 Å². The minimum Gasteiger partial charge on any atom is -0.501 e. The van der Waals surface area contributed by atoms with Gasteiger partial charge in [-0.05, 0) is 36.0 Å². The van der Waals surface area contributed by atoms with Crippen LogP contribution in [0.15, 0.2) is 102 Å². The zero-order valence-electron chi connectivity index (χ0n) is 18.9. The molecule has 0 aliphatic heterocycles. The Labute approximate surface area is 212 Å². The number of aryl methyl sites for hydroxylation is 2. The Kier molecular flexibility index (Phi) is 7.32. The second-order valence-electron chi connectivity index (χ2n) is 7.91. The van der Waals surface area contributed by atoms with Gasteiger partial charge in [-0.1, -0.05) is 60.3 Å². The van der Waals surface area contributed by atoms with E-state index in [9.17, 15) is 0 Å². The molecule has 0 saturated carbocycles. The van der Waals surface area contributed by atoms with Crippen LogP contribution in [-0.2, 0) is 20.1 Å². The largest absolute Gasteiger partial charge is 0.501 e. The zero-order valence-corrected chi connectivity index (χ0v) is 21.3. The van der Waals surface area contributed by atoms with Crippen LogP contribution in [-0.4, -0.2) is 9.97 Å². The van der Waals surface area contributed by atoms with Crippen molar-refractivity contribution >= 4 is 21.9 Å². The van der Waals surface area contributed by atoms with Crippen molar-refractivity contribution in [2.24, 2.45) is 0 Å². The SMILES string of the molecule is Cc1c[c-]c(-c2ccccn2)cc1.Cc1ccc(-c2[c-]ccc3c2oc2ccccc23)nc1.[Ir]. The van der Waals surface area contributed by atoms with Crippen LogP contribution < -0.4 is 0 Å². The molecular weight excluding hydrogens is 597 g/mol. The van der Waals surface area contributed by atoms with Gasteiger partial charge in [0, 0.05) is 37.9 Å². The molecule has 0 aliphatic carbocycles. The third-order valence-corrected chi connectivity index (χ3v) is 5.42. The van der Waals surface area contributed by atoms with Crippen molar-refractivity contribution in [3.8, 4) is 22.5 Å². The van der Waals surface area contributed by atoms with Crippen LogP contribution in [0, 0.1) is 26.0 Å². The first-order valence-electron chi connectivity index (χ1n) is 10.8. The van der Waals surface area contributed by atoms with Crippen LogP contribution in [0.1, 0.15) is 11.1 Å². The summed E-state index contributed by atoms with van der Waals surface area (Å²) in [6.07, 6.45) is 3.66. The fourth-order valence-corrected chi connectivity index (χ4v) is 3.68. The molecule has 6 aromatic rings. The van der Waals surface area contributed by atoms with E-state index in [1.54, 1.807) is 6.20 Å². The predicted molar refractivity (Wildman–Crippen MR) is 134 cm³/mol. The zero-order chi connectivity index (χ0) is 22.6. The van der Waals surface area contributed by atoms with Gasteiger partial charge in [0.25, 0.3) is 0 Å². The molecule has 0 atom stereocenters. The Morgan fingerprint density at radius 2 is 1.53 bits per heavy atom. The van der Waals surface area contributed by atoms with Gasteiger partial charge in [0.2, 0.25) is 0 Å². The Bertz CT molecular complexity index is 1510. The molecule has 0 saturated heterocycles. The molecule has 0 unspecified atom stereocenters. The Morgan fingerprint density at radius 1 is 0.706 bits per heavy atom. The standard InChI is InChI=1S/C18H12NO.C12H10N.Ir/c1-12-9-10-16(19-11-12)15-7-4-6-14-13-5-2-3-8-17(13)20-18(14)15;1-10-5-7-11(8-6-10)12-4-2-3-9-13-12;/h2-6,8-11H,1H3;2-7,9H,1H3;/q2*-1;. The topological polar surface area (TPSA) is 38.9 Å². The summed E-state index contributed by atoms with van der Waals surface area (Å²) >= 11 is 0. The van der Waals surface area contributed by atoms with Crippen LogP contribution in [0.5, 0.6) is 0 Å². The van der Waals surface area contributed by atoms with Crippen LogP contribution in [0.2, 0.25) is 0 Å². The van der Waals surface area contributed by atoms with Gasteiger partial charge >= 0.3 is 0 Å². The van der Waals surface area contributed by atoms with Crippen molar-refractivity contribution in [3.05, 3.63) is 121 Å². The normalized spacial score (nSPS) is 10.4. The molecule has 6 rings (SSSR count). The van der Waals surface area contributed by atoms with Crippen molar-refractivity contribution in [1.29, 1.82) is 0 Å². The first-order valence-corrected chi connectivity index (χ1v) is 10.8. The van der Waals surface area contributed by atoms with Gasteiger partial charge in [-0.3, -0.25) is 0 Å². The fourth-order valence-electron chi connectivity index (χ4n) is 3.68. The fraction of sp³-hybridized carbons (Fsp3) is 0.0667. The summed E-state index contributed by atoms with van der Waals surface area (Å²) in [7, 11) is 0. The maximum absolute atomic E-state index is 6.00. The molecule has 3 nitrogen and oxygen atoms in total. The van der Waals surface area contributed by atoms with Crippen LogP contribution in [0.3, 0.4) is 0 Å². The number of furan rings is 1. The van der Waals surface area contributed by atoms with Crippen LogP contribution in [0.4, 0.5) is 0 Å². The predicted octanol–water partition coefficient (Wildman–Crippen LogP) is 7.61. The number of nitrogens with zero attached hydrogens (tertiary/aromatic N) is 2. The van der Waals surface area contributed by atoms with Gasteiger partial charge in [0.05, 0.1) is 5.58 Å². The first kappa shape index (κ1) is 23.6. The summed E-state index contributed by atoms with van der Waals surface area (Å²) in [6.45, 7) is 4.08. The molecule has 169 valence electrons. The molecule has 3 aromatic carbocycles. The molecule has 0 spiro atoms. The number of hydrogen-bond donors (Lipinski definition) is 0. The van der Waals surface area contributed by atoms with E-state index in [0.29, 0.717) is 0 Å². The van der Waals surface area contributed by atoms with Gasteiger partial charge < -0.3 is 14.4 Å². The maximum Gasteiger partial charge on any atom is 0.120 e. The molecule has 1 radical (unpaired) electrons. The molecule has 3 heterocycles. The third kappa shape index (κ3) is 4.99. The average molecular weight is 619 g/mol. The van der Waals surface area contributed by atoms with Gasteiger partial charge in [-0.15, -0.1) is 53.6 Å². The van der Waals surface area contributed by atoms with E-state index in [0.717, 1.165) is 50.0 Å². The summed E-state index contributed by atoms with van der Waals surface area (Å²) in [5.74, 6) is 0. The number of aromatic nitrogens is 2. The van der Waals surface area contributed by atoms with Gasteiger partial charge in [-0.25, -0.2) is 0 Å². The number of rotatable bonds is 2. The second kappa shape index (κ2) is 10.6. The van der Waals surface area contributed by atoms with E-state index < -0.39 is 0 Å². The van der Waals surface area contributed by atoms with Crippen molar-refractivity contribution in [2.75, 3.05) is 0 Å². The minimum absolute atomic E-state index is 0. The molecule has 0 amide bonds. The van der Waals surface area contributed by atoms with E-state index >= 15 is 0 Å². The van der Waals surface area contributed by atoms with E-state index in [1.807, 2.05) is 79.9 Å². The summed E-state index contributed by atoms with van der Waals surface area (Å²) < 4.78 is 6.00. The van der Waals surface area contributed by atoms with Crippen molar-refractivity contribution in [2.45, 2.75) is 13.8 Å². The molecule has 0 aliphatic rings. The Hall–Kier alpha value is -3.59. The molecule has 3 aromatic heterocycles. The van der Waals surface area contributed by atoms with Crippen molar-refractivity contribution < 1.29 is 24.5 Å². The molecule has 0 N–H and O–H groups in total. The van der Waals surface area contributed by atoms with Crippen LogP contribution in [0.25, 0.3) is 44.5 Å². The maximum atomic E-state index is 6.00. The molecule has 0 fully saturated rings. The van der Waals surface area contributed by atoms with E-state index in [2.05, 4.69) is 47.2 Å². The summed E-state index contributed by atoms with van der Waals surface area (Å²) in [4.78, 5) is 8.72. The molecular formula is C30H22IrN2O-2. The summed E-state index contributed by atoms with van der Waals surface area (Å²) in [5.41, 5.74) is 7.94. The third-order valence-electron chi connectivity index (χ3n) is 5.42. The number of benzene rings is 3. The molecule has 34 heavy (non-hydrogen) atoms. The van der Waals surface area contributed by atoms with Gasteiger partial charge in [0.15, 0.2) is 0 Å². The number of hydrogen-bond acceptors (Lipinski definition) is 3. The molecule has 4 heteroatoms. The Morgan fingerprint density at radius 3 is 2.26 bits per heavy atom. The number of para-hydroxylation sites is 1. The first-order chi connectivity index (χ1) is 16.2. The van der Waals surface area contributed by atoms with Crippen molar-refractivity contribution in [1.82, 2.24) is 9.97 Å².